The second-order valence-corrected chi connectivity index (χ2v) is 5.92. The van der Waals surface area contributed by atoms with Crippen molar-refractivity contribution in [2.24, 2.45) is 0 Å². The number of carbonyl (C=O) groups excluding carboxylic acids is 4. The van der Waals surface area contributed by atoms with Crippen molar-refractivity contribution in [3.63, 3.8) is 0 Å². The minimum atomic E-state index is -1.21. The Morgan fingerprint density at radius 3 is 1.92 bits per heavy atom. The van der Waals surface area contributed by atoms with Crippen LogP contribution in [0, 0.1) is 0 Å². The highest BCUT2D eigenvalue weighted by Crippen LogP contribution is 2.31. The quantitative estimate of drug-likeness (QED) is 0.352. The van der Waals surface area contributed by atoms with E-state index in [1.807, 2.05) is 0 Å². The van der Waals surface area contributed by atoms with E-state index < -0.39 is 53.5 Å². The summed E-state index contributed by atoms with van der Waals surface area (Å²) in [6, 6.07) is 0. The average Bonchev–Trinajstić information content (AvgIpc) is 2.50. The van der Waals surface area contributed by atoms with Crippen LogP contribution in [0.15, 0.2) is 0 Å². The lowest BCUT2D eigenvalue weighted by Crippen LogP contribution is -2.61. The minimum absolute atomic E-state index is 0.266. The Morgan fingerprint density at radius 1 is 0.880 bits per heavy atom. The number of rotatable bonds is 5. The lowest BCUT2D eigenvalue weighted by atomic mass is 9.99. The molecule has 1 aliphatic heterocycles. The molecule has 25 heavy (non-hydrogen) atoms. The van der Waals surface area contributed by atoms with Crippen molar-refractivity contribution in [2.45, 2.75) is 50.2 Å². The van der Waals surface area contributed by atoms with Crippen LogP contribution in [0.25, 0.3) is 0 Å². The van der Waals surface area contributed by atoms with E-state index in [-0.39, 0.29) is 6.61 Å². The maximum Gasteiger partial charge on any atom is 0.508 e. The number of carbonyl (C=O) groups is 4. The van der Waals surface area contributed by atoms with Gasteiger partial charge in [-0.05, 0) is 0 Å². The molecule has 0 amide bonds. The third kappa shape index (κ3) is 6.50. The largest absolute Gasteiger partial charge is 0.508 e. The second kappa shape index (κ2) is 9.56. The van der Waals surface area contributed by atoms with Crippen molar-refractivity contribution in [1.29, 1.82) is 0 Å². The molecule has 0 bridgehead atoms. The number of hydrogen-bond acceptors (Lipinski definition) is 10. The Labute approximate surface area is 152 Å². The van der Waals surface area contributed by atoms with Crippen LogP contribution in [0.3, 0.4) is 0 Å². The summed E-state index contributed by atoms with van der Waals surface area (Å²) in [5.41, 5.74) is 0. The molecule has 142 valence electrons. The number of alkyl halides is 1. The fourth-order valence-electron chi connectivity index (χ4n) is 2.14. The van der Waals surface area contributed by atoms with E-state index in [0.29, 0.717) is 0 Å². The van der Waals surface area contributed by atoms with Crippen LogP contribution in [-0.4, -0.2) is 67.2 Å². The lowest BCUT2D eigenvalue weighted by Gasteiger charge is -2.42. The minimum Gasteiger partial charge on any atom is -0.463 e. The number of halogens is 1. The van der Waals surface area contributed by atoms with Crippen molar-refractivity contribution >= 4 is 40.0 Å². The van der Waals surface area contributed by atoms with Gasteiger partial charge < -0.3 is 28.4 Å². The normalized spacial score (nSPS) is 28.4. The Kier molecular flexibility index (Phi) is 8.10. The number of hydrogen-bond donors (Lipinski definition) is 0. The molecule has 11 heteroatoms. The smallest absolute Gasteiger partial charge is 0.463 e. The zero-order valence-corrected chi connectivity index (χ0v) is 15.6. The van der Waals surface area contributed by atoms with Crippen LogP contribution < -0.4 is 0 Å². The van der Waals surface area contributed by atoms with Gasteiger partial charge in [0.1, 0.15) is 12.7 Å². The van der Waals surface area contributed by atoms with Gasteiger partial charge in [-0.1, -0.05) is 15.9 Å². The average molecular weight is 427 g/mol. The summed E-state index contributed by atoms with van der Waals surface area (Å²) in [5.74, 6) is -1.97. The zero-order valence-electron chi connectivity index (χ0n) is 14.1. The molecule has 1 fully saturated rings. The van der Waals surface area contributed by atoms with Crippen molar-refractivity contribution in [1.82, 2.24) is 0 Å². The molecule has 0 spiro atoms. The molecule has 10 nitrogen and oxygen atoms in total. The Balaban J connectivity index is 3.12. The van der Waals surface area contributed by atoms with Gasteiger partial charge in [-0.2, -0.15) is 0 Å². The van der Waals surface area contributed by atoms with Crippen molar-refractivity contribution < 1.29 is 47.6 Å². The summed E-state index contributed by atoms with van der Waals surface area (Å²) in [6.07, 6.45) is -5.56. The van der Waals surface area contributed by atoms with Gasteiger partial charge in [0.15, 0.2) is 23.3 Å². The molecular formula is C14H19BrO10. The van der Waals surface area contributed by atoms with E-state index in [0.717, 1.165) is 21.0 Å². The first-order valence-electron chi connectivity index (χ1n) is 7.17. The van der Waals surface area contributed by atoms with E-state index >= 15 is 0 Å². The molecule has 1 saturated heterocycles. The first-order chi connectivity index (χ1) is 11.6. The van der Waals surface area contributed by atoms with Gasteiger partial charge in [0.2, 0.25) is 0 Å². The topological polar surface area (TPSA) is 124 Å². The van der Waals surface area contributed by atoms with Gasteiger partial charge in [-0.15, -0.1) is 0 Å². The van der Waals surface area contributed by atoms with Gasteiger partial charge in [0.25, 0.3) is 0 Å². The van der Waals surface area contributed by atoms with Crippen LogP contribution in [0.5, 0.6) is 0 Å². The summed E-state index contributed by atoms with van der Waals surface area (Å²) in [4.78, 5) is 45.4. The Bertz CT molecular complexity index is 522. The zero-order chi connectivity index (χ0) is 19.1. The Hall–Kier alpha value is -1.88. The Morgan fingerprint density at radius 2 is 1.44 bits per heavy atom. The number of ether oxygens (including phenoxy) is 6. The van der Waals surface area contributed by atoms with Gasteiger partial charge >= 0.3 is 24.1 Å². The summed E-state index contributed by atoms with van der Waals surface area (Å²) < 4.78 is 30.2. The van der Waals surface area contributed by atoms with Crippen LogP contribution in [0.1, 0.15) is 20.8 Å². The summed E-state index contributed by atoms with van der Waals surface area (Å²) in [5, 5.41) is -0.941. The van der Waals surface area contributed by atoms with E-state index in [1.165, 1.54) is 6.92 Å². The van der Waals surface area contributed by atoms with Crippen LogP contribution >= 0.6 is 15.9 Å². The van der Waals surface area contributed by atoms with Gasteiger partial charge in [-0.25, -0.2) is 4.79 Å². The van der Waals surface area contributed by atoms with E-state index in [9.17, 15) is 19.2 Å². The first kappa shape index (κ1) is 21.2. The van der Waals surface area contributed by atoms with E-state index in [1.54, 1.807) is 0 Å². The fourth-order valence-corrected chi connectivity index (χ4v) is 2.83. The summed E-state index contributed by atoms with van der Waals surface area (Å²) in [6.45, 7) is 3.21. The maximum absolute atomic E-state index is 11.4. The fraction of sp³-hybridized carbons (Fsp3) is 0.714. The highest BCUT2D eigenvalue weighted by molar-refractivity contribution is 9.09. The monoisotopic (exact) mass is 426 g/mol. The van der Waals surface area contributed by atoms with Crippen molar-refractivity contribution in [3.8, 4) is 0 Å². The first-order valence-corrected chi connectivity index (χ1v) is 8.09. The van der Waals surface area contributed by atoms with Gasteiger partial charge in [-0.3, -0.25) is 14.4 Å². The predicted octanol–water partition coefficient (Wildman–Crippen LogP) is 0.684. The molecule has 0 aromatic heterocycles. The molecular weight excluding hydrogens is 408 g/mol. The highest BCUT2D eigenvalue weighted by Gasteiger charge is 2.51. The summed E-state index contributed by atoms with van der Waals surface area (Å²) >= 11 is 3.16. The molecule has 0 saturated carbocycles. The van der Waals surface area contributed by atoms with E-state index in [2.05, 4.69) is 20.7 Å². The molecule has 0 aliphatic carbocycles. The molecule has 0 aromatic carbocycles. The number of methoxy groups -OCH3 is 1. The van der Waals surface area contributed by atoms with Crippen LogP contribution in [0.4, 0.5) is 4.79 Å². The molecule has 5 atom stereocenters. The standard InChI is InChI=1S/C14H19BrO10/c1-6(16)21-5-9-10(22-7(2)17)11(23-8(3)18)12(13(15)24-9)25-14(19)20-4/h9-13H,5H2,1-4H3/t9-,10-,11+,12-,13+/m1/s1. The molecule has 0 radical (unpaired) electrons. The van der Waals surface area contributed by atoms with Crippen LogP contribution in [0.2, 0.25) is 0 Å². The molecule has 0 N–H and O–H groups in total. The third-order valence-electron chi connectivity index (χ3n) is 3.03. The summed E-state index contributed by atoms with van der Waals surface area (Å²) in [7, 11) is 1.10. The second-order valence-electron chi connectivity index (χ2n) is 5.01. The van der Waals surface area contributed by atoms with Crippen molar-refractivity contribution in [2.75, 3.05) is 13.7 Å². The van der Waals surface area contributed by atoms with Gasteiger partial charge in [0, 0.05) is 20.8 Å². The number of esters is 3. The maximum atomic E-state index is 11.4. The SMILES string of the molecule is COC(=O)O[C@@H]1[C@@H](OC(C)=O)[C@H](OC(C)=O)[C@@H](COC(C)=O)O[C@@H]1Br. The highest BCUT2D eigenvalue weighted by atomic mass is 79.9. The molecule has 0 unspecified atom stereocenters. The third-order valence-corrected chi connectivity index (χ3v) is 3.77. The lowest BCUT2D eigenvalue weighted by molar-refractivity contribution is -0.232. The molecule has 1 aliphatic rings. The molecule has 0 aromatic rings. The van der Waals surface area contributed by atoms with Gasteiger partial charge in [0.05, 0.1) is 7.11 Å². The predicted molar refractivity (Wildman–Crippen MR) is 82.6 cm³/mol. The van der Waals surface area contributed by atoms with Crippen LogP contribution in [-0.2, 0) is 42.8 Å². The van der Waals surface area contributed by atoms with Crippen molar-refractivity contribution in [3.05, 3.63) is 0 Å². The van der Waals surface area contributed by atoms with E-state index in [4.69, 9.17) is 23.7 Å². The molecule has 1 heterocycles. The molecule has 1 rings (SSSR count).